The Kier molecular flexibility index (Phi) is 9.37. The van der Waals surface area contributed by atoms with Gasteiger partial charge < -0.3 is 4.57 Å². The summed E-state index contributed by atoms with van der Waals surface area (Å²) in [4.78, 5) is 15.0. The zero-order chi connectivity index (χ0) is 41.7. The molecule has 0 spiro atoms. The summed E-state index contributed by atoms with van der Waals surface area (Å²) in [6, 6.07) is 60.7. The van der Waals surface area contributed by atoms with E-state index in [2.05, 4.69) is 103 Å². The number of hydrogen-bond donors (Lipinski definition) is 0. The highest BCUT2D eigenvalue weighted by Crippen LogP contribution is 2.41. The first kappa shape index (κ1) is 37.6. The molecule has 0 atom stereocenters. The summed E-state index contributed by atoms with van der Waals surface area (Å²) in [5.74, 6) is 1.24. The predicted molar refractivity (Wildman–Crippen MR) is 241 cm³/mol. The van der Waals surface area contributed by atoms with Gasteiger partial charge in [0.05, 0.1) is 16.6 Å². The first-order valence-corrected chi connectivity index (χ1v) is 20.1. The Hall–Kier alpha value is -7.64. The molecule has 0 fully saturated rings. The van der Waals surface area contributed by atoms with E-state index in [0.29, 0.717) is 34.2 Å². The third-order valence-corrected chi connectivity index (χ3v) is 11.2. The summed E-state index contributed by atoms with van der Waals surface area (Å²) in [5, 5.41) is 2.15. The normalized spacial score (nSPS) is 11.7. The molecule has 61 heavy (non-hydrogen) atoms. The first-order chi connectivity index (χ1) is 29.7. The molecule has 0 radical (unpaired) electrons. The number of halogens is 3. The summed E-state index contributed by atoms with van der Waals surface area (Å²) in [7, 11) is 0. The molecule has 10 aromatic rings. The van der Waals surface area contributed by atoms with Crippen molar-refractivity contribution >= 4 is 21.8 Å². The van der Waals surface area contributed by atoms with Crippen LogP contribution in [0.4, 0.5) is 13.2 Å². The number of benzene rings is 8. The molecule has 0 bridgehead atoms. The molecule has 2 heterocycles. The van der Waals surface area contributed by atoms with Crippen molar-refractivity contribution in [1.29, 1.82) is 0 Å². The number of hydrogen-bond acceptors (Lipinski definition) is 3. The molecule has 0 aliphatic carbocycles. The fourth-order valence-electron chi connectivity index (χ4n) is 8.21. The van der Waals surface area contributed by atoms with E-state index in [1.807, 2.05) is 78.9 Å². The second-order valence-electron chi connectivity index (χ2n) is 15.4. The molecule has 2 aromatic heterocycles. The largest absolute Gasteiger partial charge is 0.416 e. The van der Waals surface area contributed by atoms with Gasteiger partial charge in [0.15, 0.2) is 17.5 Å². The highest BCUT2D eigenvalue weighted by Gasteiger charge is 2.31. The van der Waals surface area contributed by atoms with Gasteiger partial charge in [-0.15, -0.1) is 0 Å². The smallest absolute Gasteiger partial charge is 0.309 e. The lowest BCUT2D eigenvalue weighted by atomic mass is 9.96. The standard InChI is InChI=1S/C54H37F3N4/c1-34-12-9-18-38(28-34)40-22-26-49-46(31-40)47-32-41(39-19-10-13-35(2)29-39)23-27-50(47)61(49)44-24-25-45(42-20-11-21-43(30-42)54(55,56)57)48(33-44)53-59-51(36-14-5-3-6-15-36)58-52(60-53)37-16-7-4-8-17-37/h3-33H,1-2H3. The van der Waals surface area contributed by atoms with Gasteiger partial charge in [-0.2, -0.15) is 13.2 Å². The van der Waals surface area contributed by atoms with Crippen molar-refractivity contribution < 1.29 is 13.2 Å². The van der Waals surface area contributed by atoms with E-state index in [1.165, 1.54) is 23.3 Å². The van der Waals surface area contributed by atoms with E-state index < -0.39 is 11.7 Å². The molecule has 8 aromatic carbocycles. The molecule has 10 rings (SSSR count). The van der Waals surface area contributed by atoms with Crippen LogP contribution in [0.25, 0.3) is 95.0 Å². The van der Waals surface area contributed by atoms with Crippen LogP contribution >= 0.6 is 0 Å². The highest BCUT2D eigenvalue weighted by atomic mass is 19.4. The zero-order valence-corrected chi connectivity index (χ0v) is 33.3. The Morgan fingerprint density at radius 3 is 1.38 bits per heavy atom. The maximum absolute atomic E-state index is 14.2. The molecule has 0 unspecified atom stereocenters. The molecule has 0 amide bonds. The molecule has 0 aliphatic heterocycles. The number of alkyl halides is 3. The zero-order valence-electron chi connectivity index (χ0n) is 33.3. The molecule has 4 nitrogen and oxygen atoms in total. The molecule has 0 aliphatic rings. The Morgan fingerprint density at radius 1 is 0.377 bits per heavy atom. The molecule has 0 N–H and O–H groups in total. The average Bonchev–Trinajstić information content (AvgIpc) is 3.62. The Bertz CT molecular complexity index is 3100. The van der Waals surface area contributed by atoms with Crippen LogP contribution in [0.2, 0.25) is 0 Å². The van der Waals surface area contributed by atoms with Gasteiger partial charge in [-0.3, -0.25) is 0 Å². The topological polar surface area (TPSA) is 43.6 Å². The molecular weight excluding hydrogens is 762 g/mol. The summed E-state index contributed by atoms with van der Waals surface area (Å²) in [6.07, 6.45) is -4.53. The molecule has 7 heteroatoms. The van der Waals surface area contributed by atoms with Crippen LogP contribution in [0.1, 0.15) is 16.7 Å². The van der Waals surface area contributed by atoms with Crippen LogP contribution in [-0.2, 0) is 6.18 Å². The Morgan fingerprint density at radius 2 is 0.852 bits per heavy atom. The second kappa shape index (κ2) is 15.2. The van der Waals surface area contributed by atoms with Crippen LogP contribution in [0, 0.1) is 13.8 Å². The van der Waals surface area contributed by atoms with Gasteiger partial charge in [0.25, 0.3) is 0 Å². The van der Waals surface area contributed by atoms with E-state index in [9.17, 15) is 13.2 Å². The lowest BCUT2D eigenvalue weighted by molar-refractivity contribution is -0.137. The maximum Gasteiger partial charge on any atom is 0.416 e. The fraction of sp³-hybridized carbons (Fsp3) is 0.0556. The van der Waals surface area contributed by atoms with Crippen LogP contribution in [0.3, 0.4) is 0 Å². The van der Waals surface area contributed by atoms with Crippen molar-refractivity contribution in [3.8, 4) is 73.2 Å². The third-order valence-electron chi connectivity index (χ3n) is 11.2. The van der Waals surface area contributed by atoms with Crippen molar-refractivity contribution in [2.45, 2.75) is 20.0 Å². The van der Waals surface area contributed by atoms with Gasteiger partial charge in [0.2, 0.25) is 0 Å². The average molecular weight is 799 g/mol. The lowest BCUT2D eigenvalue weighted by Crippen LogP contribution is -2.05. The highest BCUT2D eigenvalue weighted by molar-refractivity contribution is 6.12. The van der Waals surface area contributed by atoms with Gasteiger partial charge in [-0.05, 0) is 95.8 Å². The van der Waals surface area contributed by atoms with Gasteiger partial charge >= 0.3 is 6.18 Å². The lowest BCUT2D eigenvalue weighted by Gasteiger charge is -2.16. The molecule has 0 saturated carbocycles. The van der Waals surface area contributed by atoms with E-state index >= 15 is 0 Å². The Balaban J connectivity index is 1.25. The summed E-state index contributed by atoms with van der Waals surface area (Å²) in [5.41, 5.74) is 12.0. The molecular formula is C54H37F3N4. The van der Waals surface area contributed by atoms with E-state index in [0.717, 1.165) is 66.9 Å². The first-order valence-electron chi connectivity index (χ1n) is 20.1. The monoisotopic (exact) mass is 798 g/mol. The molecule has 294 valence electrons. The predicted octanol–water partition coefficient (Wildman–Crippen LogP) is 14.6. The fourth-order valence-corrected chi connectivity index (χ4v) is 8.21. The number of rotatable bonds is 7. The minimum atomic E-state index is -4.53. The maximum atomic E-state index is 14.2. The third kappa shape index (κ3) is 7.25. The van der Waals surface area contributed by atoms with Crippen molar-refractivity contribution in [2.75, 3.05) is 0 Å². The van der Waals surface area contributed by atoms with Gasteiger partial charge in [0, 0.05) is 33.2 Å². The summed E-state index contributed by atoms with van der Waals surface area (Å²) in [6.45, 7) is 4.20. The van der Waals surface area contributed by atoms with Crippen molar-refractivity contribution in [3.05, 3.63) is 205 Å². The van der Waals surface area contributed by atoms with E-state index in [1.54, 1.807) is 6.07 Å². The summed E-state index contributed by atoms with van der Waals surface area (Å²) < 4.78 is 44.9. The second-order valence-corrected chi connectivity index (χ2v) is 15.4. The number of nitrogens with zero attached hydrogens (tertiary/aromatic N) is 4. The van der Waals surface area contributed by atoms with E-state index in [4.69, 9.17) is 15.0 Å². The van der Waals surface area contributed by atoms with Crippen LogP contribution < -0.4 is 0 Å². The SMILES string of the molecule is Cc1cccc(-c2ccc3c(c2)c2cc(-c4cccc(C)c4)ccc2n3-c2ccc(-c3cccc(C(F)(F)F)c3)c(-c3nc(-c4ccccc4)nc(-c4ccccc4)n3)c2)c1. The van der Waals surface area contributed by atoms with Crippen LogP contribution in [0.5, 0.6) is 0 Å². The van der Waals surface area contributed by atoms with Crippen molar-refractivity contribution in [1.82, 2.24) is 19.5 Å². The van der Waals surface area contributed by atoms with Gasteiger partial charge in [-0.25, -0.2) is 15.0 Å². The quantitative estimate of drug-likeness (QED) is 0.161. The van der Waals surface area contributed by atoms with Gasteiger partial charge in [0.1, 0.15) is 0 Å². The number of fused-ring (bicyclic) bond motifs is 3. The Labute approximate surface area is 351 Å². The number of aromatic nitrogens is 4. The minimum Gasteiger partial charge on any atom is -0.309 e. The summed E-state index contributed by atoms with van der Waals surface area (Å²) >= 11 is 0. The van der Waals surface area contributed by atoms with E-state index in [-0.39, 0.29) is 0 Å². The van der Waals surface area contributed by atoms with Crippen molar-refractivity contribution in [2.24, 2.45) is 0 Å². The van der Waals surface area contributed by atoms with Crippen LogP contribution in [-0.4, -0.2) is 19.5 Å². The number of aryl methyl sites for hydroxylation is 2. The van der Waals surface area contributed by atoms with Crippen molar-refractivity contribution in [3.63, 3.8) is 0 Å². The van der Waals surface area contributed by atoms with Crippen LogP contribution in [0.15, 0.2) is 188 Å². The van der Waals surface area contributed by atoms with Gasteiger partial charge in [-0.1, -0.05) is 151 Å². The molecule has 0 saturated heterocycles. The minimum absolute atomic E-state index is 0.339.